The van der Waals surface area contributed by atoms with Gasteiger partial charge in [-0.25, -0.2) is 4.79 Å². The van der Waals surface area contributed by atoms with Gasteiger partial charge in [0.05, 0.1) is 19.1 Å². The van der Waals surface area contributed by atoms with Crippen molar-refractivity contribution in [2.75, 3.05) is 13.2 Å². The molecule has 38 heavy (non-hydrogen) atoms. The zero-order chi connectivity index (χ0) is 28.2. The summed E-state index contributed by atoms with van der Waals surface area (Å²) in [5, 5.41) is 35.9. The van der Waals surface area contributed by atoms with E-state index >= 15 is 0 Å². The SMILES string of the molecule is NCCCCC(N)C(=O)NC(CO)C(=O)NC(CC(=O)O)C(=O)NC(Cc1c[nH]c2ccccc12)C(=O)O. The van der Waals surface area contributed by atoms with E-state index in [1.54, 1.807) is 30.5 Å². The zero-order valence-corrected chi connectivity index (χ0v) is 20.7. The number of aliphatic carboxylic acids is 2. The first-order valence-electron chi connectivity index (χ1n) is 12.0. The smallest absolute Gasteiger partial charge is 0.326 e. The van der Waals surface area contributed by atoms with E-state index in [1.807, 2.05) is 0 Å². The number of hydrogen-bond donors (Lipinski definition) is 9. The van der Waals surface area contributed by atoms with Crippen LogP contribution >= 0.6 is 0 Å². The van der Waals surface area contributed by atoms with Crippen molar-refractivity contribution in [3.8, 4) is 0 Å². The first-order valence-corrected chi connectivity index (χ1v) is 12.0. The Morgan fingerprint density at radius 3 is 2.16 bits per heavy atom. The van der Waals surface area contributed by atoms with Crippen LogP contribution in [0.2, 0.25) is 0 Å². The van der Waals surface area contributed by atoms with Crippen LogP contribution in [0.15, 0.2) is 30.5 Å². The average molecular weight is 535 g/mol. The van der Waals surface area contributed by atoms with E-state index in [0.29, 0.717) is 31.4 Å². The summed E-state index contributed by atoms with van der Waals surface area (Å²) in [6.45, 7) is -0.430. The van der Waals surface area contributed by atoms with Crippen molar-refractivity contribution in [2.45, 2.75) is 56.3 Å². The number of aromatic nitrogens is 1. The van der Waals surface area contributed by atoms with Crippen molar-refractivity contribution in [2.24, 2.45) is 11.5 Å². The molecule has 1 aromatic carbocycles. The molecule has 2 rings (SSSR count). The maximum Gasteiger partial charge on any atom is 0.326 e. The standard InChI is InChI=1S/C24H34N6O8/c25-8-4-3-6-15(26)21(34)30-19(12-31)23(36)28-17(10-20(32)33)22(35)29-18(24(37)38)9-13-11-27-16-7-2-1-5-14(13)16/h1-2,5,7,11,15,17-19,27,31H,3-4,6,8-10,12,25-26H2,(H,28,36)(H,29,35)(H,30,34)(H,32,33)(H,37,38). The van der Waals surface area contributed by atoms with Crippen LogP contribution < -0.4 is 27.4 Å². The second kappa shape index (κ2) is 14.7. The number of unbranched alkanes of at least 4 members (excludes halogenated alkanes) is 1. The van der Waals surface area contributed by atoms with Gasteiger partial charge in [-0.15, -0.1) is 0 Å². The maximum absolute atomic E-state index is 12.9. The lowest BCUT2D eigenvalue weighted by Crippen LogP contribution is -2.58. The molecule has 14 heteroatoms. The van der Waals surface area contributed by atoms with E-state index in [9.17, 15) is 39.3 Å². The summed E-state index contributed by atoms with van der Waals surface area (Å²) in [4.78, 5) is 64.0. The number of carboxylic acid groups (broad SMARTS) is 2. The van der Waals surface area contributed by atoms with Crippen molar-refractivity contribution in [3.05, 3.63) is 36.0 Å². The summed E-state index contributed by atoms with van der Waals surface area (Å²) < 4.78 is 0. The summed E-state index contributed by atoms with van der Waals surface area (Å²) >= 11 is 0. The fourth-order valence-electron chi connectivity index (χ4n) is 3.76. The van der Waals surface area contributed by atoms with Gasteiger partial charge in [0.2, 0.25) is 17.7 Å². The quantitative estimate of drug-likeness (QED) is 0.109. The molecular weight excluding hydrogens is 500 g/mol. The molecule has 1 heterocycles. The number of carboxylic acids is 2. The van der Waals surface area contributed by atoms with E-state index in [-0.39, 0.29) is 6.42 Å². The molecule has 208 valence electrons. The Balaban J connectivity index is 2.09. The number of aliphatic hydroxyl groups is 1. The fraction of sp³-hybridized carbons (Fsp3) is 0.458. The number of rotatable bonds is 16. The van der Waals surface area contributed by atoms with Crippen molar-refractivity contribution < 1.29 is 39.3 Å². The van der Waals surface area contributed by atoms with E-state index in [0.717, 1.165) is 10.9 Å². The molecule has 4 unspecified atom stereocenters. The van der Waals surface area contributed by atoms with E-state index in [2.05, 4.69) is 20.9 Å². The van der Waals surface area contributed by atoms with Crippen LogP contribution in [0.5, 0.6) is 0 Å². The molecule has 0 aliphatic rings. The molecule has 0 saturated carbocycles. The van der Waals surface area contributed by atoms with Gasteiger partial charge in [0.15, 0.2) is 0 Å². The number of benzene rings is 1. The Bertz CT molecular complexity index is 1140. The fourth-order valence-corrected chi connectivity index (χ4v) is 3.76. The molecule has 14 nitrogen and oxygen atoms in total. The lowest BCUT2D eigenvalue weighted by Gasteiger charge is -2.23. The highest BCUT2D eigenvalue weighted by atomic mass is 16.4. The van der Waals surface area contributed by atoms with Crippen LogP contribution in [-0.2, 0) is 30.4 Å². The maximum atomic E-state index is 12.9. The van der Waals surface area contributed by atoms with Crippen LogP contribution in [0.25, 0.3) is 10.9 Å². The van der Waals surface area contributed by atoms with Crippen molar-refractivity contribution >= 4 is 40.6 Å². The van der Waals surface area contributed by atoms with Gasteiger partial charge in [0.25, 0.3) is 0 Å². The molecule has 0 spiro atoms. The average Bonchev–Trinajstić information content (AvgIpc) is 3.28. The van der Waals surface area contributed by atoms with Crippen molar-refractivity contribution in [1.29, 1.82) is 0 Å². The predicted molar refractivity (Wildman–Crippen MR) is 136 cm³/mol. The highest BCUT2D eigenvalue weighted by molar-refractivity contribution is 5.96. The number of aromatic amines is 1. The number of carbonyl (C=O) groups is 5. The van der Waals surface area contributed by atoms with Gasteiger partial charge in [-0.2, -0.15) is 0 Å². The highest BCUT2D eigenvalue weighted by Gasteiger charge is 2.31. The lowest BCUT2D eigenvalue weighted by atomic mass is 10.0. The molecule has 11 N–H and O–H groups in total. The molecule has 0 aliphatic heterocycles. The number of para-hydroxylation sites is 1. The molecule has 0 aliphatic carbocycles. The number of hydrogen-bond acceptors (Lipinski definition) is 8. The van der Waals surface area contributed by atoms with Gasteiger partial charge >= 0.3 is 11.9 Å². The van der Waals surface area contributed by atoms with Gasteiger partial charge in [0.1, 0.15) is 18.1 Å². The Kier molecular flexibility index (Phi) is 11.7. The second-order valence-electron chi connectivity index (χ2n) is 8.76. The first kappa shape index (κ1) is 30.2. The summed E-state index contributed by atoms with van der Waals surface area (Å²) in [5.41, 5.74) is 12.6. The van der Waals surface area contributed by atoms with Crippen molar-refractivity contribution in [1.82, 2.24) is 20.9 Å². The lowest BCUT2D eigenvalue weighted by molar-refractivity contribution is -0.143. The molecule has 0 radical (unpaired) electrons. The van der Waals surface area contributed by atoms with Gasteiger partial charge in [0, 0.05) is 23.5 Å². The molecule has 4 atom stereocenters. The number of aliphatic hydroxyl groups excluding tert-OH is 1. The van der Waals surface area contributed by atoms with Gasteiger partial charge in [-0.3, -0.25) is 19.2 Å². The predicted octanol–water partition coefficient (Wildman–Crippen LogP) is -1.83. The van der Waals surface area contributed by atoms with Gasteiger partial charge in [-0.1, -0.05) is 24.6 Å². The van der Waals surface area contributed by atoms with Crippen molar-refractivity contribution in [3.63, 3.8) is 0 Å². The van der Waals surface area contributed by atoms with Gasteiger partial charge < -0.3 is 47.7 Å². The topological polar surface area (TPSA) is 250 Å². The molecule has 1 aromatic heterocycles. The monoisotopic (exact) mass is 534 g/mol. The number of nitrogens with one attached hydrogen (secondary N) is 4. The largest absolute Gasteiger partial charge is 0.481 e. The molecular formula is C24H34N6O8. The first-order chi connectivity index (χ1) is 18.1. The number of H-pyrrole nitrogens is 1. The number of amides is 3. The Morgan fingerprint density at radius 1 is 0.895 bits per heavy atom. The zero-order valence-electron chi connectivity index (χ0n) is 20.7. The molecule has 3 amide bonds. The number of fused-ring (bicyclic) bond motifs is 1. The third-order valence-corrected chi connectivity index (χ3v) is 5.85. The highest BCUT2D eigenvalue weighted by Crippen LogP contribution is 2.19. The third-order valence-electron chi connectivity index (χ3n) is 5.85. The van der Waals surface area contributed by atoms with E-state index in [4.69, 9.17) is 11.5 Å². The van der Waals surface area contributed by atoms with E-state index < -0.39 is 66.9 Å². The minimum absolute atomic E-state index is 0.115. The minimum Gasteiger partial charge on any atom is -0.481 e. The molecule has 2 aromatic rings. The number of nitrogens with two attached hydrogens (primary N) is 2. The summed E-state index contributed by atoms with van der Waals surface area (Å²) in [7, 11) is 0. The van der Waals surface area contributed by atoms with Crippen LogP contribution in [0.3, 0.4) is 0 Å². The molecule has 0 saturated heterocycles. The van der Waals surface area contributed by atoms with E-state index in [1.165, 1.54) is 0 Å². The summed E-state index contributed by atoms with van der Waals surface area (Å²) in [6.07, 6.45) is 2.13. The normalized spacial score (nSPS) is 14.2. The third kappa shape index (κ3) is 8.83. The Labute approximate surface area is 218 Å². The van der Waals surface area contributed by atoms with Crippen LogP contribution in [0.1, 0.15) is 31.2 Å². The van der Waals surface area contributed by atoms with Crippen LogP contribution in [-0.4, -0.2) is 87.3 Å². The van der Waals surface area contributed by atoms with Crippen LogP contribution in [0, 0.1) is 0 Å². The molecule has 0 bridgehead atoms. The Hall–Kier alpha value is -4.01. The molecule has 0 fully saturated rings. The summed E-state index contributed by atoms with van der Waals surface area (Å²) in [6, 6.07) is 1.54. The second-order valence-corrected chi connectivity index (χ2v) is 8.76. The summed E-state index contributed by atoms with van der Waals surface area (Å²) in [5.74, 6) is -5.64. The minimum atomic E-state index is -1.69. The van der Waals surface area contributed by atoms with Crippen LogP contribution in [0.4, 0.5) is 0 Å². The van der Waals surface area contributed by atoms with Gasteiger partial charge in [-0.05, 0) is 31.0 Å². The Morgan fingerprint density at radius 2 is 1.53 bits per heavy atom. The number of carbonyl (C=O) groups excluding carboxylic acids is 3.